The molecule has 1 aliphatic carbocycles. The fraction of sp³-hybridized carbons (Fsp3) is 0.556. The number of hydrogen-bond acceptors (Lipinski definition) is 3. The lowest BCUT2D eigenvalue weighted by atomic mass is 10.0. The number of hydrogen-bond donors (Lipinski definition) is 1. The van der Waals surface area contributed by atoms with Gasteiger partial charge in [0.05, 0.1) is 0 Å². The molecule has 1 saturated heterocycles. The highest BCUT2D eigenvalue weighted by atomic mass is 19.1. The van der Waals surface area contributed by atoms with Crippen LogP contribution in [-0.2, 0) is 9.59 Å². The molecule has 1 aliphatic heterocycles. The largest absolute Gasteiger partial charge is 0.358 e. The number of halogens is 1. The molecule has 1 atom stereocenters. The monoisotopic (exact) mass is 333 g/mol. The van der Waals surface area contributed by atoms with E-state index in [-0.39, 0.29) is 23.7 Å². The Kier molecular flexibility index (Phi) is 4.58. The smallest absolute Gasteiger partial charge is 0.238 e. The van der Waals surface area contributed by atoms with Crippen molar-refractivity contribution in [3.05, 3.63) is 35.6 Å². The highest BCUT2D eigenvalue weighted by molar-refractivity contribution is 6.07. The second-order valence-corrected chi connectivity index (χ2v) is 6.72. The highest BCUT2D eigenvalue weighted by Gasteiger charge is 2.57. The summed E-state index contributed by atoms with van der Waals surface area (Å²) in [7, 11) is 1.58. The molecular weight excluding hydrogens is 309 g/mol. The van der Waals surface area contributed by atoms with Gasteiger partial charge in [0.25, 0.3) is 0 Å². The first-order chi connectivity index (χ1) is 11.5. The lowest BCUT2D eigenvalue weighted by Crippen LogP contribution is -2.53. The molecule has 0 radical (unpaired) electrons. The van der Waals surface area contributed by atoms with E-state index in [1.807, 2.05) is 6.07 Å². The van der Waals surface area contributed by atoms with Crippen LogP contribution in [-0.4, -0.2) is 54.8 Å². The number of nitrogens with one attached hydrogen (secondary N) is 1. The van der Waals surface area contributed by atoms with Crippen molar-refractivity contribution in [3.8, 4) is 0 Å². The summed E-state index contributed by atoms with van der Waals surface area (Å²) >= 11 is 0. The zero-order chi connectivity index (χ0) is 17.3. The fourth-order valence-corrected chi connectivity index (χ4v) is 3.49. The minimum absolute atomic E-state index is 0.0418. The third-order valence-electron chi connectivity index (χ3n) is 5.30. The van der Waals surface area contributed by atoms with E-state index in [4.69, 9.17) is 0 Å². The summed E-state index contributed by atoms with van der Waals surface area (Å²) in [5, 5.41) is 2.61. The van der Waals surface area contributed by atoms with Crippen molar-refractivity contribution in [1.82, 2.24) is 15.1 Å². The normalized spacial score (nSPS) is 21.2. The summed E-state index contributed by atoms with van der Waals surface area (Å²) in [5.74, 6) is -0.433. The summed E-state index contributed by atoms with van der Waals surface area (Å²) in [5.41, 5.74) is 0.129. The Hall–Kier alpha value is -1.95. The van der Waals surface area contributed by atoms with Crippen LogP contribution in [0.5, 0.6) is 0 Å². The van der Waals surface area contributed by atoms with E-state index in [1.165, 1.54) is 6.07 Å². The minimum Gasteiger partial charge on any atom is -0.358 e. The van der Waals surface area contributed by atoms with E-state index < -0.39 is 5.41 Å². The van der Waals surface area contributed by atoms with Gasteiger partial charge in [-0.2, -0.15) is 0 Å². The maximum Gasteiger partial charge on any atom is 0.238 e. The molecule has 1 unspecified atom stereocenters. The Labute approximate surface area is 141 Å². The first-order valence-corrected chi connectivity index (χ1v) is 8.49. The standard InChI is InChI=1S/C18H24FN3O2/c1-13(14-4-3-5-15(19)12-14)21-8-10-22(11-9-21)17(24)18(6-7-18)16(23)20-2/h3-5,12-13H,6-11H2,1-2H3,(H,20,23). The number of piperazine rings is 1. The van der Waals surface area contributed by atoms with E-state index in [2.05, 4.69) is 17.1 Å². The zero-order valence-electron chi connectivity index (χ0n) is 14.2. The minimum atomic E-state index is -0.814. The van der Waals surface area contributed by atoms with Gasteiger partial charge in [-0.3, -0.25) is 14.5 Å². The first kappa shape index (κ1) is 16.9. The first-order valence-electron chi connectivity index (χ1n) is 8.49. The molecule has 0 spiro atoms. The Morgan fingerprint density at radius 2 is 1.88 bits per heavy atom. The molecule has 2 aliphatic rings. The van der Waals surface area contributed by atoms with Crippen LogP contribution in [0.15, 0.2) is 24.3 Å². The maximum atomic E-state index is 13.4. The number of nitrogens with zero attached hydrogens (tertiary/aromatic N) is 2. The van der Waals surface area contributed by atoms with E-state index in [9.17, 15) is 14.0 Å². The van der Waals surface area contributed by atoms with Crippen LogP contribution >= 0.6 is 0 Å². The van der Waals surface area contributed by atoms with Crippen LogP contribution in [0.1, 0.15) is 31.4 Å². The number of carbonyl (C=O) groups is 2. The van der Waals surface area contributed by atoms with Gasteiger partial charge in [-0.1, -0.05) is 12.1 Å². The highest BCUT2D eigenvalue weighted by Crippen LogP contribution is 2.47. The quantitative estimate of drug-likeness (QED) is 0.851. The van der Waals surface area contributed by atoms with Crippen LogP contribution in [0.3, 0.4) is 0 Å². The topological polar surface area (TPSA) is 52.7 Å². The van der Waals surface area contributed by atoms with E-state index >= 15 is 0 Å². The summed E-state index contributed by atoms with van der Waals surface area (Å²) in [6.45, 7) is 4.73. The van der Waals surface area contributed by atoms with Crippen molar-refractivity contribution in [1.29, 1.82) is 0 Å². The van der Waals surface area contributed by atoms with Crippen molar-refractivity contribution in [2.24, 2.45) is 5.41 Å². The van der Waals surface area contributed by atoms with Crippen molar-refractivity contribution >= 4 is 11.8 Å². The second-order valence-electron chi connectivity index (χ2n) is 6.72. The van der Waals surface area contributed by atoms with Crippen LogP contribution in [0.25, 0.3) is 0 Å². The number of benzene rings is 1. The SMILES string of the molecule is CNC(=O)C1(C(=O)N2CCN(C(C)c3cccc(F)c3)CC2)CC1. The Balaban J connectivity index is 1.60. The van der Waals surface area contributed by atoms with Crippen LogP contribution in [0.2, 0.25) is 0 Å². The summed E-state index contributed by atoms with van der Waals surface area (Å²) in [6, 6.07) is 6.76. The summed E-state index contributed by atoms with van der Waals surface area (Å²) < 4.78 is 13.4. The van der Waals surface area contributed by atoms with Crippen molar-refractivity contribution in [2.45, 2.75) is 25.8 Å². The average molecular weight is 333 g/mol. The van der Waals surface area contributed by atoms with E-state index in [1.54, 1.807) is 24.1 Å². The van der Waals surface area contributed by atoms with Crippen molar-refractivity contribution < 1.29 is 14.0 Å². The van der Waals surface area contributed by atoms with Gasteiger partial charge in [0, 0.05) is 39.3 Å². The van der Waals surface area contributed by atoms with Gasteiger partial charge < -0.3 is 10.2 Å². The van der Waals surface area contributed by atoms with Crippen LogP contribution in [0, 0.1) is 11.2 Å². The molecule has 1 N–H and O–H groups in total. The lowest BCUT2D eigenvalue weighted by molar-refractivity contribution is -0.145. The Morgan fingerprint density at radius 3 is 2.42 bits per heavy atom. The van der Waals surface area contributed by atoms with Crippen molar-refractivity contribution in [3.63, 3.8) is 0 Å². The van der Waals surface area contributed by atoms with Crippen LogP contribution in [0.4, 0.5) is 4.39 Å². The molecule has 5 nitrogen and oxygen atoms in total. The molecule has 3 rings (SSSR count). The molecule has 0 bridgehead atoms. The summed E-state index contributed by atoms with van der Waals surface area (Å²) in [6.07, 6.45) is 1.29. The van der Waals surface area contributed by atoms with Crippen LogP contribution < -0.4 is 5.32 Å². The molecular formula is C18H24FN3O2. The number of rotatable bonds is 4. The third kappa shape index (κ3) is 3.02. The number of amides is 2. The fourth-order valence-electron chi connectivity index (χ4n) is 3.49. The average Bonchev–Trinajstić information content (AvgIpc) is 3.42. The molecule has 1 aromatic rings. The molecule has 24 heavy (non-hydrogen) atoms. The van der Waals surface area contributed by atoms with E-state index in [0.29, 0.717) is 25.9 Å². The molecule has 130 valence electrons. The van der Waals surface area contributed by atoms with Gasteiger partial charge in [-0.15, -0.1) is 0 Å². The number of carbonyl (C=O) groups excluding carboxylic acids is 2. The predicted molar refractivity (Wildman–Crippen MR) is 88.7 cm³/mol. The third-order valence-corrected chi connectivity index (χ3v) is 5.30. The molecule has 2 amide bonds. The molecule has 6 heteroatoms. The molecule has 1 aromatic carbocycles. The van der Waals surface area contributed by atoms with Gasteiger partial charge >= 0.3 is 0 Å². The van der Waals surface area contributed by atoms with Gasteiger partial charge in [0.2, 0.25) is 11.8 Å². The van der Waals surface area contributed by atoms with Gasteiger partial charge in [0.15, 0.2) is 0 Å². The summed E-state index contributed by atoms with van der Waals surface area (Å²) in [4.78, 5) is 28.7. The van der Waals surface area contributed by atoms with Gasteiger partial charge in [-0.05, 0) is 37.5 Å². The van der Waals surface area contributed by atoms with Gasteiger partial charge in [-0.25, -0.2) is 4.39 Å². The Morgan fingerprint density at radius 1 is 1.21 bits per heavy atom. The molecule has 0 aromatic heterocycles. The Bertz CT molecular complexity index is 637. The zero-order valence-corrected chi connectivity index (χ0v) is 14.2. The molecule has 1 saturated carbocycles. The molecule has 1 heterocycles. The lowest BCUT2D eigenvalue weighted by Gasteiger charge is -2.39. The van der Waals surface area contributed by atoms with Crippen molar-refractivity contribution in [2.75, 3.05) is 33.2 Å². The predicted octanol–water partition coefficient (Wildman–Crippen LogP) is 1.56. The second kappa shape index (κ2) is 6.51. The molecule has 2 fully saturated rings. The van der Waals surface area contributed by atoms with Gasteiger partial charge in [0.1, 0.15) is 11.2 Å². The maximum absolute atomic E-state index is 13.4. The van der Waals surface area contributed by atoms with E-state index in [0.717, 1.165) is 18.7 Å².